The van der Waals surface area contributed by atoms with Crippen LogP contribution in [0.3, 0.4) is 0 Å². The Kier molecular flexibility index (Phi) is 5.93. The maximum absolute atomic E-state index is 14.2. The third-order valence-corrected chi connectivity index (χ3v) is 7.13. The second-order valence-electron chi connectivity index (χ2n) is 9.26. The monoisotopic (exact) mass is 461 g/mol. The SMILES string of the molecule is O=C(C[N+]12CCC(CC1)[C@@H](OC(=O)C([O-])(c1ccccc1)c1ccccc1)C2)Nc1ccon1. The van der Waals surface area contributed by atoms with Gasteiger partial charge in [0.2, 0.25) is 0 Å². The highest BCUT2D eigenvalue weighted by Crippen LogP contribution is 2.37. The number of carbonyl (C=O) groups is 2. The minimum absolute atomic E-state index is 0.161. The fraction of sp³-hybridized carbons (Fsp3) is 0.346. The van der Waals surface area contributed by atoms with Crippen LogP contribution in [0.2, 0.25) is 0 Å². The number of quaternary nitrogens is 1. The van der Waals surface area contributed by atoms with Crippen molar-refractivity contribution in [3.8, 4) is 0 Å². The van der Waals surface area contributed by atoms with Crippen LogP contribution in [-0.2, 0) is 19.9 Å². The van der Waals surface area contributed by atoms with Crippen LogP contribution in [0.4, 0.5) is 5.82 Å². The molecule has 3 fully saturated rings. The number of carbonyl (C=O) groups excluding carboxylic acids is 2. The van der Waals surface area contributed by atoms with E-state index in [9.17, 15) is 14.7 Å². The van der Waals surface area contributed by atoms with Crippen molar-refractivity contribution in [2.45, 2.75) is 24.5 Å². The predicted octanol–water partition coefficient (Wildman–Crippen LogP) is 2.07. The number of esters is 1. The van der Waals surface area contributed by atoms with Crippen molar-refractivity contribution in [2.24, 2.45) is 5.92 Å². The van der Waals surface area contributed by atoms with Crippen molar-refractivity contribution < 1.29 is 28.4 Å². The van der Waals surface area contributed by atoms with Crippen LogP contribution in [0, 0.1) is 5.92 Å². The number of nitrogens with zero attached hydrogens (tertiary/aromatic N) is 2. The molecule has 1 atom stereocenters. The second-order valence-corrected chi connectivity index (χ2v) is 9.26. The lowest BCUT2D eigenvalue weighted by Gasteiger charge is -2.52. The molecule has 8 heteroatoms. The van der Waals surface area contributed by atoms with Gasteiger partial charge in [-0.1, -0.05) is 65.8 Å². The summed E-state index contributed by atoms with van der Waals surface area (Å²) in [4.78, 5) is 26.2. The summed E-state index contributed by atoms with van der Waals surface area (Å²) in [5.74, 6) is -0.391. The van der Waals surface area contributed by atoms with Crippen molar-refractivity contribution in [3.63, 3.8) is 0 Å². The molecule has 2 bridgehead atoms. The molecular formula is C26H27N3O5. The van der Waals surface area contributed by atoms with Crippen LogP contribution in [0.1, 0.15) is 24.0 Å². The zero-order valence-electron chi connectivity index (χ0n) is 18.8. The fourth-order valence-electron chi connectivity index (χ4n) is 5.31. The summed E-state index contributed by atoms with van der Waals surface area (Å²) in [6.07, 6.45) is 2.68. The molecule has 0 aliphatic carbocycles. The lowest BCUT2D eigenvalue weighted by molar-refractivity contribution is -0.939. The van der Waals surface area contributed by atoms with Crippen molar-refractivity contribution >= 4 is 17.7 Å². The van der Waals surface area contributed by atoms with Crippen LogP contribution in [0.15, 0.2) is 77.5 Å². The van der Waals surface area contributed by atoms with Crippen molar-refractivity contribution in [1.29, 1.82) is 0 Å². The van der Waals surface area contributed by atoms with Gasteiger partial charge in [0.25, 0.3) is 5.91 Å². The molecule has 2 aromatic carbocycles. The van der Waals surface area contributed by atoms with E-state index < -0.39 is 17.7 Å². The highest BCUT2D eigenvalue weighted by Gasteiger charge is 2.49. The van der Waals surface area contributed by atoms with Gasteiger partial charge in [-0.3, -0.25) is 9.59 Å². The molecule has 3 aliphatic heterocycles. The van der Waals surface area contributed by atoms with Gasteiger partial charge in [0, 0.05) is 30.4 Å². The number of nitrogens with one attached hydrogen (secondary N) is 1. The lowest BCUT2D eigenvalue weighted by atomic mass is 9.82. The van der Waals surface area contributed by atoms with E-state index in [1.165, 1.54) is 6.26 Å². The molecule has 176 valence electrons. The van der Waals surface area contributed by atoms with Gasteiger partial charge in [0.05, 0.1) is 13.1 Å². The van der Waals surface area contributed by atoms with Crippen molar-refractivity contribution in [2.75, 3.05) is 31.5 Å². The largest absolute Gasteiger partial charge is 0.834 e. The number of amides is 1. The third kappa shape index (κ3) is 4.22. The molecule has 1 N–H and O–H groups in total. The molecule has 3 aliphatic rings. The maximum Gasteiger partial charge on any atom is 0.304 e. The molecule has 3 saturated heterocycles. The van der Waals surface area contributed by atoms with E-state index in [0.717, 1.165) is 25.9 Å². The summed E-state index contributed by atoms with van der Waals surface area (Å²) in [6, 6.07) is 18.9. The van der Waals surface area contributed by atoms with Gasteiger partial charge >= 0.3 is 5.97 Å². The van der Waals surface area contributed by atoms with E-state index in [4.69, 9.17) is 9.26 Å². The summed E-state index contributed by atoms with van der Waals surface area (Å²) in [7, 11) is 0. The quantitative estimate of drug-likeness (QED) is 0.427. The lowest BCUT2D eigenvalue weighted by Crippen LogP contribution is -2.67. The Hall–Kier alpha value is -3.49. The van der Waals surface area contributed by atoms with Crippen LogP contribution < -0.4 is 10.4 Å². The number of anilines is 1. The molecule has 6 rings (SSSR count). The molecular weight excluding hydrogens is 434 g/mol. The molecule has 4 heterocycles. The van der Waals surface area contributed by atoms with Gasteiger partial charge < -0.3 is 24.2 Å². The average Bonchev–Trinajstić information content (AvgIpc) is 3.37. The van der Waals surface area contributed by atoms with Crippen LogP contribution in [0.5, 0.6) is 0 Å². The molecule has 0 saturated carbocycles. The molecule has 3 aromatic rings. The highest BCUT2D eigenvalue weighted by molar-refractivity contribution is 5.90. The Balaban J connectivity index is 1.34. The Morgan fingerprint density at radius 1 is 1.03 bits per heavy atom. The first kappa shape index (κ1) is 22.3. The van der Waals surface area contributed by atoms with Crippen LogP contribution in [0.25, 0.3) is 0 Å². The van der Waals surface area contributed by atoms with Gasteiger partial charge in [0.15, 0.2) is 18.5 Å². The number of piperidine rings is 3. The standard InChI is InChI=1S/C26H27N3O5/c30-24(27-23-13-16-33-28-23)18-29-14-11-19(12-15-29)22(17-29)34-25(31)26(32,20-7-3-1-4-8-20)21-9-5-2-6-10-21/h1-10,13,16,19,22H,11-12,14-15,17-18H2,(H,27,28,30)/t19?,22-,29?/m0/s1. The Morgan fingerprint density at radius 2 is 1.65 bits per heavy atom. The summed E-state index contributed by atoms with van der Waals surface area (Å²) < 4.78 is 11.3. The number of hydrogen-bond donors (Lipinski definition) is 1. The number of fused-ring (bicyclic) bond motifs is 3. The zero-order chi connectivity index (χ0) is 23.6. The molecule has 1 amide bonds. The van der Waals surface area contributed by atoms with Gasteiger partial charge in [-0.2, -0.15) is 0 Å². The Morgan fingerprint density at radius 3 is 2.21 bits per heavy atom. The Labute approximate surface area is 197 Å². The first-order valence-electron chi connectivity index (χ1n) is 11.6. The third-order valence-electron chi connectivity index (χ3n) is 7.13. The van der Waals surface area contributed by atoms with Crippen molar-refractivity contribution in [3.05, 3.63) is 84.1 Å². The minimum Gasteiger partial charge on any atom is -0.834 e. The summed E-state index contributed by atoms with van der Waals surface area (Å²) in [5, 5.41) is 20.6. The van der Waals surface area contributed by atoms with E-state index in [1.54, 1.807) is 54.6 Å². The zero-order valence-corrected chi connectivity index (χ0v) is 18.8. The summed E-state index contributed by atoms with van der Waals surface area (Å²) in [5.41, 5.74) is -1.46. The van der Waals surface area contributed by atoms with Crippen molar-refractivity contribution in [1.82, 2.24) is 5.16 Å². The van der Waals surface area contributed by atoms with Gasteiger partial charge in [-0.25, -0.2) is 0 Å². The summed E-state index contributed by atoms with van der Waals surface area (Å²) in [6.45, 7) is 2.45. The van der Waals surface area contributed by atoms with Gasteiger partial charge in [-0.05, 0) is 11.1 Å². The molecule has 1 aromatic heterocycles. The van der Waals surface area contributed by atoms with E-state index in [2.05, 4.69) is 10.5 Å². The molecule has 0 radical (unpaired) electrons. The molecule has 0 spiro atoms. The Bertz CT molecular complexity index is 1090. The molecule has 8 nitrogen and oxygen atoms in total. The number of rotatable bonds is 7. The maximum atomic E-state index is 14.2. The fourth-order valence-corrected chi connectivity index (χ4v) is 5.31. The van der Waals surface area contributed by atoms with Crippen LogP contribution >= 0.6 is 0 Å². The number of hydrogen-bond acceptors (Lipinski definition) is 6. The average molecular weight is 462 g/mol. The number of ether oxygens (including phenoxy) is 1. The number of aromatic nitrogens is 1. The van der Waals surface area contributed by atoms with Crippen LogP contribution in [-0.4, -0.2) is 53.8 Å². The topological polar surface area (TPSA) is 104 Å². The second kappa shape index (κ2) is 9.04. The summed E-state index contributed by atoms with van der Waals surface area (Å²) >= 11 is 0. The van der Waals surface area contributed by atoms with Gasteiger partial charge in [0.1, 0.15) is 12.8 Å². The minimum atomic E-state index is -2.16. The first-order valence-corrected chi connectivity index (χ1v) is 11.6. The highest BCUT2D eigenvalue weighted by atomic mass is 16.6. The van der Waals surface area contributed by atoms with Gasteiger partial charge in [-0.15, -0.1) is 0 Å². The van der Waals surface area contributed by atoms with E-state index in [0.29, 0.717) is 28.0 Å². The normalized spacial score (nSPS) is 23.9. The number of benzene rings is 2. The predicted molar refractivity (Wildman–Crippen MR) is 121 cm³/mol. The molecule has 34 heavy (non-hydrogen) atoms. The van der Waals surface area contributed by atoms with E-state index >= 15 is 0 Å². The van der Waals surface area contributed by atoms with E-state index in [1.807, 2.05) is 12.1 Å². The molecule has 0 unspecified atom stereocenters. The smallest absolute Gasteiger partial charge is 0.304 e. The first-order chi connectivity index (χ1) is 16.5. The van der Waals surface area contributed by atoms with E-state index in [-0.39, 0.29) is 18.4 Å².